The molecule has 156 valence electrons. The zero-order valence-electron chi connectivity index (χ0n) is 14.8. The maximum Gasteiger partial charge on any atom is 0.417 e. The molecule has 2 aromatic rings. The van der Waals surface area contributed by atoms with Gasteiger partial charge in [0, 0.05) is 38.3 Å². The zero-order valence-corrected chi connectivity index (χ0v) is 16.3. The van der Waals surface area contributed by atoms with Gasteiger partial charge >= 0.3 is 6.18 Å². The van der Waals surface area contributed by atoms with Crippen molar-refractivity contribution in [3.8, 4) is 0 Å². The monoisotopic (exact) mass is 449 g/mol. The summed E-state index contributed by atoms with van der Waals surface area (Å²) in [4.78, 5) is 13.3. The summed E-state index contributed by atoms with van der Waals surface area (Å²) in [5.41, 5.74) is -0.949. The van der Waals surface area contributed by atoms with Crippen LogP contribution in [0.4, 0.5) is 13.2 Å². The molecule has 0 atom stereocenters. The second kappa shape index (κ2) is 7.81. The third-order valence-electron chi connectivity index (χ3n) is 4.46. The topological polar surface area (TPSA) is 84.6 Å². The van der Waals surface area contributed by atoms with Crippen molar-refractivity contribution in [3.05, 3.63) is 64.1 Å². The lowest BCUT2D eigenvalue weighted by atomic mass is 10.2. The fourth-order valence-corrected chi connectivity index (χ4v) is 4.57. The maximum atomic E-state index is 13.0. The normalized spacial score (nSPS) is 16.1. The van der Waals surface area contributed by atoms with E-state index in [0.29, 0.717) is 10.8 Å². The van der Waals surface area contributed by atoms with Gasteiger partial charge in [-0.15, -0.1) is 0 Å². The summed E-state index contributed by atoms with van der Waals surface area (Å²) in [5, 5.41) is 10.5. The summed E-state index contributed by atoms with van der Waals surface area (Å²) in [7, 11) is -4.19. The molecular formula is C17H15ClF3N3O4S. The molecule has 0 unspecified atom stereocenters. The highest BCUT2D eigenvalue weighted by Crippen LogP contribution is 2.36. The third-order valence-corrected chi connectivity index (χ3v) is 6.68. The number of pyridine rings is 1. The van der Waals surface area contributed by atoms with Gasteiger partial charge in [0.05, 0.1) is 21.0 Å². The van der Waals surface area contributed by atoms with Crippen LogP contribution < -0.4 is 4.73 Å². The van der Waals surface area contributed by atoms with Gasteiger partial charge in [-0.2, -0.15) is 22.2 Å². The Morgan fingerprint density at radius 3 is 2.21 bits per heavy atom. The Morgan fingerprint density at radius 2 is 1.66 bits per heavy atom. The fourth-order valence-electron chi connectivity index (χ4n) is 2.90. The Kier molecular flexibility index (Phi) is 5.74. The second-order valence-electron chi connectivity index (χ2n) is 6.28. The minimum Gasteiger partial charge on any atom is -0.619 e. The van der Waals surface area contributed by atoms with Crippen LogP contribution in [0.5, 0.6) is 0 Å². The maximum absolute atomic E-state index is 13.0. The van der Waals surface area contributed by atoms with Gasteiger partial charge in [0.2, 0.25) is 10.0 Å². The Bertz CT molecular complexity index is 1020. The summed E-state index contributed by atoms with van der Waals surface area (Å²) in [5.74, 6) is -0.367. The van der Waals surface area contributed by atoms with Crippen LogP contribution in [0.3, 0.4) is 0 Å². The molecular weight excluding hydrogens is 435 g/mol. The second-order valence-corrected chi connectivity index (χ2v) is 8.63. The Balaban J connectivity index is 1.75. The lowest BCUT2D eigenvalue weighted by Gasteiger charge is -2.34. The van der Waals surface area contributed by atoms with Crippen LogP contribution in [0.2, 0.25) is 5.02 Å². The van der Waals surface area contributed by atoms with Crippen molar-refractivity contribution in [3.63, 3.8) is 0 Å². The predicted octanol–water partition coefficient (Wildman–Crippen LogP) is 2.14. The molecule has 2 heterocycles. The van der Waals surface area contributed by atoms with E-state index in [0.717, 1.165) is 16.4 Å². The first-order valence-electron chi connectivity index (χ1n) is 8.35. The molecule has 0 radical (unpaired) electrons. The largest absolute Gasteiger partial charge is 0.619 e. The number of hydrogen-bond acceptors (Lipinski definition) is 4. The minimum absolute atomic E-state index is 0.0596. The van der Waals surface area contributed by atoms with Crippen LogP contribution in [-0.2, 0) is 16.2 Å². The molecule has 1 fully saturated rings. The molecule has 0 bridgehead atoms. The van der Waals surface area contributed by atoms with E-state index in [4.69, 9.17) is 11.6 Å². The van der Waals surface area contributed by atoms with E-state index in [1.165, 1.54) is 29.4 Å². The number of carbonyl (C=O) groups excluding carboxylic acids is 1. The highest BCUT2D eigenvalue weighted by molar-refractivity contribution is 7.89. The van der Waals surface area contributed by atoms with Gasteiger partial charge in [-0.05, 0) is 18.2 Å². The minimum atomic E-state index is -4.79. The molecule has 1 aliphatic rings. The molecule has 1 saturated heterocycles. The van der Waals surface area contributed by atoms with Crippen LogP contribution >= 0.6 is 11.6 Å². The summed E-state index contributed by atoms with van der Waals surface area (Å²) in [6, 6.07) is 5.13. The molecule has 0 spiro atoms. The summed E-state index contributed by atoms with van der Waals surface area (Å²) < 4.78 is 66.1. The van der Waals surface area contributed by atoms with Crippen LogP contribution in [-0.4, -0.2) is 49.7 Å². The zero-order chi connectivity index (χ0) is 21.4. The number of hydrogen-bond donors (Lipinski definition) is 0. The highest BCUT2D eigenvalue weighted by Gasteiger charge is 2.36. The van der Waals surface area contributed by atoms with Crippen molar-refractivity contribution < 1.29 is 31.1 Å². The Morgan fingerprint density at radius 1 is 1.07 bits per heavy atom. The van der Waals surface area contributed by atoms with Gasteiger partial charge in [0.15, 0.2) is 12.4 Å². The van der Waals surface area contributed by atoms with E-state index in [1.807, 2.05) is 0 Å². The van der Waals surface area contributed by atoms with E-state index in [2.05, 4.69) is 0 Å². The Labute approximate surface area is 169 Å². The molecule has 1 aromatic carbocycles. The lowest BCUT2D eigenvalue weighted by molar-refractivity contribution is -0.605. The molecule has 1 aliphatic heterocycles. The first kappa shape index (κ1) is 21.3. The van der Waals surface area contributed by atoms with Crippen LogP contribution in [0.15, 0.2) is 47.6 Å². The molecule has 0 N–H and O–H groups in total. The number of piperazine rings is 1. The number of nitrogens with zero attached hydrogens (tertiary/aromatic N) is 3. The summed E-state index contributed by atoms with van der Waals surface area (Å²) >= 11 is 5.55. The number of sulfonamides is 1. The summed E-state index contributed by atoms with van der Waals surface area (Å²) in [6.07, 6.45) is -2.44. The first-order valence-corrected chi connectivity index (χ1v) is 10.2. The van der Waals surface area contributed by atoms with Gasteiger partial charge in [-0.3, -0.25) is 4.79 Å². The van der Waals surface area contributed by atoms with Crippen LogP contribution in [0.25, 0.3) is 0 Å². The Hall–Kier alpha value is -2.37. The van der Waals surface area contributed by atoms with Crippen LogP contribution in [0, 0.1) is 5.21 Å². The molecule has 1 aromatic heterocycles. The van der Waals surface area contributed by atoms with E-state index in [9.17, 15) is 31.6 Å². The average Bonchev–Trinajstić information content (AvgIpc) is 2.67. The molecule has 1 amide bonds. The van der Waals surface area contributed by atoms with Crippen molar-refractivity contribution in [2.45, 2.75) is 11.1 Å². The highest BCUT2D eigenvalue weighted by atomic mass is 35.5. The van der Waals surface area contributed by atoms with Crippen molar-refractivity contribution in [2.24, 2.45) is 0 Å². The number of rotatable bonds is 3. The molecule has 3 rings (SSSR count). The number of amides is 1. The van der Waals surface area contributed by atoms with Crippen LogP contribution in [0.1, 0.15) is 15.9 Å². The number of carbonyl (C=O) groups is 1. The smallest absolute Gasteiger partial charge is 0.417 e. The fraction of sp³-hybridized carbons (Fsp3) is 0.294. The lowest BCUT2D eigenvalue weighted by Crippen LogP contribution is -2.50. The number of benzene rings is 1. The van der Waals surface area contributed by atoms with E-state index in [1.54, 1.807) is 0 Å². The molecule has 29 heavy (non-hydrogen) atoms. The summed E-state index contributed by atoms with van der Waals surface area (Å²) in [6.45, 7) is -0.0347. The molecule has 12 heteroatoms. The van der Waals surface area contributed by atoms with Gasteiger partial charge < -0.3 is 10.1 Å². The molecule has 0 saturated carbocycles. The SMILES string of the molecule is O=C(c1cc[n+]([O-])cc1)N1CCN(S(=O)(=O)c2ccc(Cl)c(C(F)(F)F)c2)CC1. The van der Waals surface area contributed by atoms with Gasteiger partial charge in [0.1, 0.15) is 0 Å². The quantitative estimate of drug-likeness (QED) is 0.531. The standard InChI is InChI=1S/C17H15ClF3N3O4S/c18-15-2-1-13(11-14(15)17(19,20)21)29(27,28)24-9-7-22(8-10-24)16(25)12-3-5-23(26)6-4-12/h1-6,11H,7-10H2. The third kappa shape index (κ3) is 4.46. The molecule has 7 nitrogen and oxygen atoms in total. The van der Waals surface area contributed by atoms with Gasteiger partial charge in [-0.25, -0.2) is 8.42 Å². The van der Waals surface area contributed by atoms with Crippen molar-refractivity contribution in [2.75, 3.05) is 26.2 Å². The van der Waals surface area contributed by atoms with Crippen molar-refractivity contribution in [1.29, 1.82) is 0 Å². The van der Waals surface area contributed by atoms with Crippen molar-refractivity contribution >= 4 is 27.5 Å². The van der Waals surface area contributed by atoms with Gasteiger partial charge in [-0.1, -0.05) is 11.6 Å². The predicted molar refractivity (Wildman–Crippen MR) is 96.5 cm³/mol. The number of alkyl halides is 3. The molecule has 0 aliphatic carbocycles. The van der Waals surface area contributed by atoms with Crippen molar-refractivity contribution in [1.82, 2.24) is 9.21 Å². The average molecular weight is 450 g/mol. The number of halogens is 4. The number of aromatic nitrogens is 1. The van der Waals surface area contributed by atoms with E-state index in [-0.39, 0.29) is 37.6 Å². The van der Waals surface area contributed by atoms with Gasteiger partial charge in [0.25, 0.3) is 5.91 Å². The first-order chi connectivity index (χ1) is 13.5. The van der Waals surface area contributed by atoms with E-state index >= 15 is 0 Å². The van der Waals surface area contributed by atoms with E-state index < -0.39 is 31.7 Å².